The molecule has 0 spiro atoms. The van der Waals surface area contributed by atoms with Gasteiger partial charge >= 0.3 is 0 Å². The number of fused-ring (bicyclic) bond motifs is 1. The van der Waals surface area contributed by atoms with E-state index in [1.807, 2.05) is 0 Å². The van der Waals surface area contributed by atoms with Crippen LogP contribution in [0.4, 0.5) is 8.78 Å². The van der Waals surface area contributed by atoms with Crippen molar-refractivity contribution in [3.63, 3.8) is 0 Å². The van der Waals surface area contributed by atoms with Crippen LogP contribution in [0, 0.1) is 11.6 Å². The maximum absolute atomic E-state index is 13.9. The van der Waals surface area contributed by atoms with E-state index in [9.17, 15) is 8.78 Å². The molecule has 96 valence electrons. The van der Waals surface area contributed by atoms with Crippen molar-refractivity contribution in [2.75, 3.05) is 7.11 Å². The van der Waals surface area contributed by atoms with Crippen LogP contribution in [-0.4, -0.2) is 16.5 Å². The Balaban J connectivity index is 2.24. The van der Waals surface area contributed by atoms with Crippen molar-refractivity contribution in [3.8, 4) is 17.0 Å². The summed E-state index contributed by atoms with van der Waals surface area (Å²) in [5, 5.41) is 0. The van der Waals surface area contributed by atoms with E-state index in [1.165, 1.54) is 35.9 Å². The third-order valence-electron chi connectivity index (χ3n) is 2.87. The number of rotatable bonds is 2. The van der Waals surface area contributed by atoms with E-state index in [4.69, 9.17) is 4.74 Å². The van der Waals surface area contributed by atoms with Gasteiger partial charge in [0, 0.05) is 12.4 Å². The quantitative estimate of drug-likeness (QED) is 0.706. The fraction of sp³-hybridized carbons (Fsp3) is 0.0714. The molecule has 2 aromatic heterocycles. The second-order valence-electron chi connectivity index (χ2n) is 4.06. The van der Waals surface area contributed by atoms with E-state index in [1.54, 1.807) is 18.3 Å². The molecular formula is C14H10F2N2O. The minimum absolute atomic E-state index is 0.272. The molecule has 0 aliphatic carbocycles. The van der Waals surface area contributed by atoms with Gasteiger partial charge in [-0.1, -0.05) is 6.07 Å². The zero-order valence-electron chi connectivity index (χ0n) is 10.1. The Labute approximate surface area is 108 Å². The number of hydrogen-bond donors (Lipinski definition) is 0. The van der Waals surface area contributed by atoms with Crippen LogP contribution in [0.3, 0.4) is 0 Å². The van der Waals surface area contributed by atoms with Crippen molar-refractivity contribution in [3.05, 3.63) is 54.4 Å². The molecule has 1 aromatic carbocycles. The lowest BCUT2D eigenvalue weighted by atomic mass is 10.1. The normalized spacial score (nSPS) is 10.9. The van der Waals surface area contributed by atoms with Gasteiger partial charge in [-0.25, -0.2) is 13.8 Å². The summed E-state index contributed by atoms with van der Waals surface area (Å²) in [6, 6.07) is 7.40. The van der Waals surface area contributed by atoms with Crippen LogP contribution < -0.4 is 4.74 Å². The molecule has 0 saturated carbocycles. The Morgan fingerprint density at radius 1 is 1.11 bits per heavy atom. The van der Waals surface area contributed by atoms with Crippen molar-refractivity contribution < 1.29 is 13.5 Å². The van der Waals surface area contributed by atoms with Gasteiger partial charge in [-0.3, -0.25) is 0 Å². The van der Waals surface area contributed by atoms with Crippen molar-refractivity contribution in [1.82, 2.24) is 9.38 Å². The molecule has 0 amide bonds. The van der Waals surface area contributed by atoms with Gasteiger partial charge in [-0.15, -0.1) is 0 Å². The minimum Gasteiger partial charge on any atom is -0.496 e. The third kappa shape index (κ3) is 1.93. The Kier molecular flexibility index (Phi) is 2.67. The highest BCUT2D eigenvalue weighted by Gasteiger charge is 2.14. The van der Waals surface area contributed by atoms with Crippen LogP contribution in [-0.2, 0) is 0 Å². The first-order valence-electron chi connectivity index (χ1n) is 5.66. The van der Waals surface area contributed by atoms with E-state index in [0.717, 1.165) is 0 Å². The fourth-order valence-electron chi connectivity index (χ4n) is 2.01. The van der Waals surface area contributed by atoms with E-state index >= 15 is 0 Å². The van der Waals surface area contributed by atoms with Gasteiger partial charge in [-0.2, -0.15) is 0 Å². The number of pyridine rings is 1. The maximum atomic E-state index is 13.9. The molecule has 0 saturated heterocycles. The average molecular weight is 260 g/mol. The number of benzene rings is 1. The number of imidazole rings is 1. The van der Waals surface area contributed by atoms with Gasteiger partial charge in [0.15, 0.2) is 0 Å². The van der Waals surface area contributed by atoms with Crippen LogP contribution in [0.15, 0.2) is 42.7 Å². The number of ether oxygens (including phenoxy) is 1. The third-order valence-corrected chi connectivity index (χ3v) is 2.87. The van der Waals surface area contributed by atoms with E-state index in [0.29, 0.717) is 17.1 Å². The van der Waals surface area contributed by atoms with Gasteiger partial charge in [0.2, 0.25) is 0 Å². The Hall–Kier alpha value is -2.43. The zero-order chi connectivity index (χ0) is 13.4. The maximum Gasteiger partial charge on any atom is 0.139 e. The smallest absolute Gasteiger partial charge is 0.139 e. The van der Waals surface area contributed by atoms with Crippen LogP contribution in [0.5, 0.6) is 5.75 Å². The molecule has 3 rings (SSSR count). The molecule has 0 bridgehead atoms. The summed E-state index contributed by atoms with van der Waals surface area (Å²) in [7, 11) is 1.47. The predicted molar refractivity (Wildman–Crippen MR) is 67.1 cm³/mol. The molecule has 0 radical (unpaired) electrons. The van der Waals surface area contributed by atoms with Crippen molar-refractivity contribution in [1.29, 1.82) is 0 Å². The molecule has 19 heavy (non-hydrogen) atoms. The Morgan fingerprint density at radius 3 is 2.74 bits per heavy atom. The second-order valence-corrected chi connectivity index (χ2v) is 4.06. The molecule has 3 nitrogen and oxygen atoms in total. The number of nitrogens with zero attached hydrogens (tertiary/aromatic N) is 2. The molecule has 0 fully saturated rings. The summed E-state index contributed by atoms with van der Waals surface area (Å²) >= 11 is 0. The lowest BCUT2D eigenvalue weighted by Gasteiger charge is -2.06. The van der Waals surface area contributed by atoms with E-state index in [2.05, 4.69) is 4.98 Å². The van der Waals surface area contributed by atoms with Crippen LogP contribution in [0.25, 0.3) is 16.9 Å². The SMILES string of the molecule is COc1cccc(F)c1-c1cn2cc(F)ccc2n1. The van der Waals surface area contributed by atoms with Gasteiger partial charge in [0.25, 0.3) is 0 Å². The molecule has 5 heteroatoms. The highest BCUT2D eigenvalue weighted by molar-refractivity contribution is 5.69. The van der Waals surface area contributed by atoms with Gasteiger partial charge in [0.05, 0.1) is 18.4 Å². The van der Waals surface area contributed by atoms with Crippen molar-refractivity contribution >= 4 is 5.65 Å². The van der Waals surface area contributed by atoms with Gasteiger partial charge < -0.3 is 9.14 Å². The molecule has 3 aromatic rings. The molecular weight excluding hydrogens is 250 g/mol. The summed E-state index contributed by atoms with van der Waals surface area (Å²) in [6.45, 7) is 0. The number of methoxy groups -OCH3 is 1. The summed E-state index contributed by atoms with van der Waals surface area (Å²) < 4.78 is 33.7. The summed E-state index contributed by atoms with van der Waals surface area (Å²) in [4.78, 5) is 4.27. The summed E-state index contributed by atoms with van der Waals surface area (Å²) in [5.74, 6) is -0.413. The first kappa shape index (κ1) is 11.6. The molecule has 0 aliphatic rings. The van der Waals surface area contributed by atoms with Crippen LogP contribution in [0.1, 0.15) is 0 Å². The molecule has 2 heterocycles. The number of aromatic nitrogens is 2. The predicted octanol–water partition coefficient (Wildman–Crippen LogP) is 3.29. The van der Waals surface area contributed by atoms with Crippen molar-refractivity contribution in [2.45, 2.75) is 0 Å². The summed E-state index contributed by atoms with van der Waals surface area (Å²) in [6.07, 6.45) is 2.86. The first-order valence-corrected chi connectivity index (χ1v) is 5.66. The average Bonchev–Trinajstić information content (AvgIpc) is 2.80. The molecule has 0 unspecified atom stereocenters. The molecule has 0 aliphatic heterocycles. The molecule has 0 atom stereocenters. The van der Waals surface area contributed by atoms with Crippen LogP contribution >= 0.6 is 0 Å². The van der Waals surface area contributed by atoms with E-state index < -0.39 is 5.82 Å². The lowest BCUT2D eigenvalue weighted by molar-refractivity contribution is 0.413. The Morgan fingerprint density at radius 2 is 1.95 bits per heavy atom. The highest BCUT2D eigenvalue weighted by atomic mass is 19.1. The number of hydrogen-bond acceptors (Lipinski definition) is 2. The summed E-state index contributed by atoms with van der Waals surface area (Å²) in [5.41, 5.74) is 1.22. The van der Waals surface area contributed by atoms with Gasteiger partial charge in [-0.05, 0) is 24.3 Å². The second kappa shape index (κ2) is 4.35. The van der Waals surface area contributed by atoms with E-state index in [-0.39, 0.29) is 11.4 Å². The largest absolute Gasteiger partial charge is 0.496 e. The minimum atomic E-state index is -0.428. The highest BCUT2D eigenvalue weighted by Crippen LogP contribution is 2.31. The molecule has 0 N–H and O–H groups in total. The topological polar surface area (TPSA) is 26.5 Å². The number of halogens is 2. The van der Waals surface area contributed by atoms with Crippen molar-refractivity contribution in [2.24, 2.45) is 0 Å². The standard InChI is InChI=1S/C14H10F2N2O/c1-19-12-4-2-3-10(16)14(12)11-8-18-7-9(15)5-6-13(18)17-11/h2-8H,1H3. The lowest BCUT2D eigenvalue weighted by Crippen LogP contribution is -1.91. The fourth-order valence-corrected chi connectivity index (χ4v) is 2.01. The zero-order valence-corrected chi connectivity index (χ0v) is 10.1. The monoisotopic (exact) mass is 260 g/mol. The van der Waals surface area contributed by atoms with Gasteiger partial charge in [0.1, 0.15) is 23.0 Å². The Bertz CT molecular complexity index is 752. The van der Waals surface area contributed by atoms with Crippen LogP contribution in [0.2, 0.25) is 0 Å². The first-order chi connectivity index (χ1) is 9.19.